The number of ether oxygens (including phenoxy) is 1. The second-order valence-electron chi connectivity index (χ2n) is 5.87. The molecule has 0 aliphatic heterocycles. The predicted octanol–water partition coefficient (Wildman–Crippen LogP) is 2.75. The Labute approximate surface area is 156 Å². The van der Waals surface area contributed by atoms with E-state index in [-0.39, 0.29) is 23.4 Å². The smallest absolute Gasteiger partial charge is 0.348 e. The Morgan fingerprint density at radius 3 is 2.70 bits per heavy atom. The third kappa shape index (κ3) is 3.47. The molecule has 0 atom stereocenters. The van der Waals surface area contributed by atoms with Gasteiger partial charge in [0.15, 0.2) is 0 Å². The van der Waals surface area contributed by atoms with E-state index < -0.39 is 17.2 Å². The molecule has 3 aromatic heterocycles. The molecule has 136 valence electrons. The molecule has 27 heavy (non-hydrogen) atoms. The van der Waals surface area contributed by atoms with E-state index in [1.54, 1.807) is 6.07 Å². The van der Waals surface area contributed by atoms with E-state index in [1.807, 2.05) is 30.3 Å². The van der Waals surface area contributed by atoms with E-state index in [1.165, 1.54) is 18.6 Å². The van der Waals surface area contributed by atoms with E-state index in [4.69, 9.17) is 9.15 Å². The molecule has 0 aliphatic carbocycles. The average molecular weight is 382 g/mol. The fourth-order valence-corrected chi connectivity index (χ4v) is 3.58. The van der Waals surface area contributed by atoms with Crippen LogP contribution in [-0.4, -0.2) is 15.5 Å². The van der Waals surface area contributed by atoms with Crippen molar-refractivity contribution in [3.8, 4) is 0 Å². The summed E-state index contributed by atoms with van der Waals surface area (Å²) in [5, 5.41) is 0.283. The largest absolute Gasteiger partial charge is 0.472 e. The lowest BCUT2D eigenvalue weighted by Gasteiger charge is -2.04. The van der Waals surface area contributed by atoms with Gasteiger partial charge in [0.1, 0.15) is 16.3 Å². The van der Waals surface area contributed by atoms with Crippen LogP contribution in [0, 0.1) is 0 Å². The minimum Gasteiger partial charge on any atom is -0.472 e. The van der Waals surface area contributed by atoms with Gasteiger partial charge in [0.25, 0.3) is 5.56 Å². The lowest BCUT2D eigenvalue weighted by Crippen LogP contribution is -2.34. The van der Waals surface area contributed by atoms with E-state index in [2.05, 4.69) is 4.98 Å². The number of thiophene rings is 1. The summed E-state index contributed by atoms with van der Waals surface area (Å²) in [6.45, 7) is 0.222. The molecule has 1 aromatic carbocycles. The van der Waals surface area contributed by atoms with Gasteiger partial charge in [-0.25, -0.2) is 9.59 Å². The average Bonchev–Trinajstić information content (AvgIpc) is 3.34. The van der Waals surface area contributed by atoms with Crippen molar-refractivity contribution in [3.05, 3.63) is 91.8 Å². The number of fused-ring (bicyclic) bond motifs is 1. The SMILES string of the molecule is O=C(OCc1ccoc1)c1cc2c(=O)n(Cc3ccccc3)c(=O)[nH]c2s1. The molecule has 3 heterocycles. The number of aromatic amines is 1. The third-order valence-corrected chi connectivity index (χ3v) is 5.04. The molecule has 0 aliphatic rings. The maximum absolute atomic E-state index is 12.7. The summed E-state index contributed by atoms with van der Waals surface area (Å²) in [4.78, 5) is 40.5. The van der Waals surface area contributed by atoms with Gasteiger partial charge < -0.3 is 9.15 Å². The van der Waals surface area contributed by atoms with E-state index in [9.17, 15) is 14.4 Å². The summed E-state index contributed by atoms with van der Waals surface area (Å²) >= 11 is 1.02. The predicted molar refractivity (Wildman–Crippen MR) is 100 cm³/mol. The van der Waals surface area contributed by atoms with E-state index in [0.29, 0.717) is 4.83 Å². The van der Waals surface area contributed by atoms with Crippen LogP contribution in [0.15, 0.2) is 69.0 Å². The number of carbonyl (C=O) groups is 1. The monoisotopic (exact) mass is 382 g/mol. The van der Waals surface area contributed by atoms with Crippen LogP contribution in [0.1, 0.15) is 20.8 Å². The molecule has 0 fully saturated rings. The maximum atomic E-state index is 12.7. The molecule has 7 nitrogen and oxygen atoms in total. The summed E-state index contributed by atoms with van der Waals surface area (Å²) in [7, 11) is 0. The number of H-pyrrole nitrogens is 1. The van der Waals surface area contributed by atoms with Crippen molar-refractivity contribution < 1.29 is 13.9 Å². The highest BCUT2D eigenvalue weighted by Crippen LogP contribution is 2.21. The second-order valence-corrected chi connectivity index (χ2v) is 6.92. The zero-order valence-corrected chi connectivity index (χ0v) is 14.8. The number of furan rings is 1. The molecule has 0 radical (unpaired) electrons. The van der Waals surface area contributed by atoms with Gasteiger partial charge in [-0.2, -0.15) is 0 Å². The number of carbonyl (C=O) groups excluding carboxylic acids is 1. The first-order valence-corrected chi connectivity index (χ1v) is 8.92. The van der Waals surface area contributed by atoms with Crippen LogP contribution >= 0.6 is 11.3 Å². The van der Waals surface area contributed by atoms with Crippen LogP contribution in [0.5, 0.6) is 0 Å². The molecular weight excluding hydrogens is 368 g/mol. The molecule has 0 bridgehead atoms. The topological polar surface area (TPSA) is 94.3 Å². The van der Waals surface area contributed by atoms with Crippen LogP contribution in [-0.2, 0) is 17.9 Å². The summed E-state index contributed by atoms with van der Waals surface area (Å²) in [5.41, 5.74) is 0.599. The number of nitrogens with one attached hydrogen (secondary N) is 1. The quantitative estimate of drug-likeness (QED) is 0.536. The van der Waals surface area contributed by atoms with Crippen LogP contribution in [0.3, 0.4) is 0 Å². The molecule has 4 aromatic rings. The van der Waals surface area contributed by atoms with Crippen LogP contribution in [0.2, 0.25) is 0 Å². The Balaban J connectivity index is 1.64. The Kier molecular flexibility index (Phi) is 4.47. The first-order chi connectivity index (χ1) is 13.1. The fourth-order valence-electron chi connectivity index (χ4n) is 2.65. The fraction of sp³-hybridized carbons (Fsp3) is 0.105. The number of aromatic nitrogens is 2. The van der Waals surface area contributed by atoms with Crippen molar-refractivity contribution in [2.45, 2.75) is 13.2 Å². The van der Waals surface area contributed by atoms with Gasteiger partial charge in [0, 0.05) is 5.56 Å². The molecule has 1 N–H and O–H groups in total. The summed E-state index contributed by atoms with van der Waals surface area (Å²) in [5.74, 6) is -0.563. The first-order valence-electron chi connectivity index (χ1n) is 8.10. The first kappa shape index (κ1) is 17.0. The second kappa shape index (κ2) is 7.08. The molecule has 0 saturated heterocycles. The molecule has 4 rings (SSSR count). The lowest BCUT2D eigenvalue weighted by molar-refractivity contribution is 0.0478. The summed E-state index contributed by atoms with van der Waals surface area (Å²) < 4.78 is 11.2. The van der Waals surface area contributed by atoms with Crippen LogP contribution < -0.4 is 11.2 Å². The minimum absolute atomic E-state index is 0.0678. The van der Waals surface area contributed by atoms with Gasteiger partial charge in [0.2, 0.25) is 0 Å². The number of esters is 1. The number of nitrogens with zero attached hydrogens (tertiary/aromatic N) is 1. The molecule has 0 spiro atoms. The minimum atomic E-state index is -0.563. The molecule has 8 heteroatoms. The Hall–Kier alpha value is -3.39. The van der Waals surface area contributed by atoms with Gasteiger partial charge in [0.05, 0.1) is 24.5 Å². The zero-order valence-electron chi connectivity index (χ0n) is 14.0. The normalized spacial score (nSPS) is 11.0. The number of benzene rings is 1. The van der Waals surface area contributed by atoms with Crippen molar-refractivity contribution in [1.82, 2.24) is 9.55 Å². The molecule has 0 saturated carbocycles. The molecule has 0 unspecified atom stereocenters. The lowest BCUT2D eigenvalue weighted by atomic mass is 10.2. The third-order valence-electron chi connectivity index (χ3n) is 4.01. The van der Waals surface area contributed by atoms with Crippen molar-refractivity contribution in [2.24, 2.45) is 0 Å². The Bertz CT molecular complexity index is 1200. The summed E-state index contributed by atoms with van der Waals surface area (Å²) in [6, 6.07) is 12.4. The highest BCUT2D eigenvalue weighted by Gasteiger charge is 2.17. The van der Waals surface area contributed by atoms with Crippen LogP contribution in [0.25, 0.3) is 10.2 Å². The molecular formula is C19H14N2O5S. The molecule has 0 amide bonds. The highest BCUT2D eigenvalue weighted by molar-refractivity contribution is 7.20. The van der Waals surface area contributed by atoms with Crippen molar-refractivity contribution in [2.75, 3.05) is 0 Å². The van der Waals surface area contributed by atoms with Gasteiger partial charge in [-0.3, -0.25) is 14.3 Å². The van der Waals surface area contributed by atoms with E-state index >= 15 is 0 Å². The number of hydrogen-bond acceptors (Lipinski definition) is 6. The van der Waals surface area contributed by atoms with Gasteiger partial charge in [-0.15, -0.1) is 11.3 Å². The Morgan fingerprint density at radius 1 is 1.15 bits per heavy atom. The Morgan fingerprint density at radius 2 is 1.96 bits per heavy atom. The zero-order chi connectivity index (χ0) is 18.8. The van der Waals surface area contributed by atoms with Crippen molar-refractivity contribution in [3.63, 3.8) is 0 Å². The highest BCUT2D eigenvalue weighted by atomic mass is 32.1. The van der Waals surface area contributed by atoms with Crippen LogP contribution in [0.4, 0.5) is 0 Å². The van der Waals surface area contributed by atoms with Crippen molar-refractivity contribution >= 4 is 27.5 Å². The van der Waals surface area contributed by atoms with Gasteiger partial charge in [-0.05, 0) is 17.7 Å². The van der Waals surface area contributed by atoms with E-state index in [0.717, 1.165) is 27.0 Å². The number of hydrogen-bond donors (Lipinski definition) is 1. The standard InChI is InChI=1S/C19H14N2O5S/c22-17-14-8-15(18(23)26-11-13-6-7-25-10-13)27-16(14)20-19(24)21(17)9-12-4-2-1-3-5-12/h1-8,10H,9,11H2,(H,20,24). The van der Waals surface area contributed by atoms with Crippen molar-refractivity contribution in [1.29, 1.82) is 0 Å². The van der Waals surface area contributed by atoms with Gasteiger partial charge in [-0.1, -0.05) is 30.3 Å². The van der Waals surface area contributed by atoms with Gasteiger partial charge >= 0.3 is 11.7 Å². The number of rotatable bonds is 5. The summed E-state index contributed by atoms with van der Waals surface area (Å²) in [6.07, 6.45) is 2.97. The maximum Gasteiger partial charge on any atom is 0.348 e.